The molecule has 0 saturated heterocycles. The van der Waals surface area contributed by atoms with Gasteiger partial charge in [-0.05, 0) is 0 Å². The molecule has 0 fully saturated rings. The van der Waals surface area contributed by atoms with E-state index in [4.69, 9.17) is 40.1 Å². The van der Waals surface area contributed by atoms with Crippen molar-refractivity contribution in [2.45, 2.75) is 9.90 Å². The topological polar surface area (TPSA) is 76.1 Å². The Morgan fingerprint density at radius 2 is 2.09 bits per heavy atom. The molecule has 62 valence electrons. The summed E-state index contributed by atoms with van der Waals surface area (Å²) in [5.74, 6) is 0. The Bertz CT molecular complexity index is 194. The first-order chi connectivity index (χ1) is 4.88. The molecule has 2 N–H and O–H groups in total. The van der Waals surface area contributed by atoms with Crippen molar-refractivity contribution in [3.05, 3.63) is 0 Å². The molecule has 0 spiro atoms. The molecule has 4 nitrogen and oxygen atoms in total. The molecule has 7 heteroatoms. The first-order valence-corrected chi connectivity index (χ1v) is 3.43. The van der Waals surface area contributed by atoms with Crippen LogP contribution in [0.1, 0.15) is 0 Å². The van der Waals surface area contributed by atoms with Gasteiger partial charge in [0.05, 0.1) is 0 Å². The van der Waals surface area contributed by atoms with Gasteiger partial charge in [0.15, 0.2) is 0 Å². The van der Waals surface area contributed by atoms with Crippen LogP contribution in [0.15, 0.2) is 0 Å². The average Bonchev–Trinajstić information content (AvgIpc) is 1.79. The molecule has 1 atom stereocenters. The minimum absolute atomic E-state index is 1.16. The smallest absolute Gasteiger partial charge is 0.405 e. The van der Waals surface area contributed by atoms with Gasteiger partial charge in [-0.25, -0.2) is 4.79 Å². The van der Waals surface area contributed by atoms with Crippen molar-refractivity contribution >= 4 is 40.9 Å². The summed E-state index contributed by atoms with van der Waals surface area (Å²) in [6.45, 7) is 0. The van der Waals surface area contributed by atoms with Crippen molar-refractivity contribution in [2.24, 2.45) is 5.73 Å². The number of nitriles is 1. The zero-order valence-electron chi connectivity index (χ0n) is 5.05. The number of nitrogens with two attached hydrogens (primary N) is 1. The van der Waals surface area contributed by atoms with E-state index < -0.39 is 16.0 Å². The average molecular weight is 217 g/mol. The lowest BCUT2D eigenvalue weighted by molar-refractivity contribution is 0.134. The fourth-order valence-corrected chi connectivity index (χ4v) is 0.563. The molecule has 11 heavy (non-hydrogen) atoms. The minimum Gasteiger partial charge on any atom is -0.426 e. The summed E-state index contributed by atoms with van der Waals surface area (Å²) in [6, 6.07) is 1.45. The summed E-state index contributed by atoms with van der Waals surface area (Å²) in [4.78, 5) is 10.1. The van der Waals surface area contributed by atoms with Crippen LogP contribution in [0, 0.1) is 11.3 Å². The minimum atomic E-state index is -1.97. The van der Waals surface area contributed by atoms with Crippen molar-refractivity contribution in [3.8, 4) is 6.07 Å². The first kappa shape index (κ1) is 10.6. The van der Waals surface area contributed by atoms with Gasteiger partial charge in [-0.15, -0.1) is 0 Å². The van der Waals surface area contributed by atoms with Gasteiger partial charge in [0.25, 0.3) is 0 Å². The van der Waals surface area contributed by atoms with Gasteiger partial charge in [0.2, 0.25) is 9.90 Å². The van der Waals surface area contributed by atoms with Gasteiger partial charge in [0, 0.05) is 0 Å². The summed E-state index contributed by atoms with van der Waals surface area (Å²) in [7, 11) is 0. The fraction of sp³-hybridized carbons (Fsp3) is 0.500. The highest BCUT2D eigenvalue weighted by molar-refractivity contribution is 6.68. The molecule has 1 amide bonds. The van der Waals surface area contributed by atoms with E-state index in [9.17, 15) is 4.79 Å². The highest BCUT2D eigenvalue weighted by Crippen LogP contribution is 2.31. The number of rotatable bonds is 1. The summed E-state index contributed by atoms with van der Waals surface area (Å²) < 4.78 is 2.18. The molecule has 0 radical (unpaired) electrons. The molecule has 0 aliphatic carbocycles. The molecule has 0 bridgehead atoms. The van der Waals surface area contributed by atoms with Gasteiger partial charge >= 0.3 is 6.09 Å². The van der Waals surface area contributed by atoms with Crippen molar-refractivity contribution in [1.29, 1.82) is 5.26 Å². The number of carbonyl (C=O) groups is 1. The summed E-state index contributed by atoms with van der Waals surface area (Å²) >= 11 is 15.7. The molecule has 0 rings (SSSR count). The standard InChI is InChI=1S/C4H3Cl3N2O2/c5-4(6,7)2(1-8)11-3(9)10/h2H,(H2,9,10). The van der Waals surface area contributed by atoms with Crippen LogP contribution in [0.3, 0.4) is 0 Å². The maximum absolute atomic E-state index is 10.1. The lowest BCUT2D eigenvalue weighted by Gasteiger charge is -2.15. The van der Waals surface area contributed by atoms with Gasteiger partial charge in [-0.1, -0.05) is 34.8 Å². The van der Waals surface area contributed by atoms with Crippen LogP contribution in [-0.2, 0) is 4.74 Å². The van der Waals surface area contributed by atoms with Crippen LogP contribution in [0.2, 0.25) is 0 Å². The molecule has 1 unspecified atom stereocenters. The Labute approximate surface area is 77.8 Å². The Hall–Kier alpha value is -0.370. The highest BCUT2D eigenvalue weighted by Gasteiger charge is 2.35. The van der Waals surface area contributed by atoms with Crippen LogP contribution in [0.4, 0.5) is 4.79 Å². The third-order valence-corrected chi connectivity index (χ3v) is 1.24. The molecular weight excluding hydrogens is 214 g/mol. The van der Waals surface area contributed by atoms with Gasteiger partial charge in [-0.3, -0.25) is 0 Å². The molecule has 0 aromatic heterocycles. The zero-order valence-corrected chi connectivity index (χ0v) is 7.32. The predicted molar refractivity (Wildman–Crippen MR) is 40.4 cm³/mol. The van der Waals surface area contributed by atoms with Gasteiger partial charge in [-0.2, -0.15) is 5.26 Å². The molecule has 0 saturated carbocycles. The third kappa shape index (κ3) is 4.14. The third-order valence-electron chi connectivity index (χ3n) is 0.649. The Morgan fingerprint density at radius 3 is 2.18 bits per heavy atom. The van der Waals surface area contributed by atoms with E-state index in [2.05, 4.69) is 10.5 Å². The number of hydrogen-bond donors (Lipinski definition) is 1. The zero-order chi connectivity index (χ0) is 9.07. The van der Waals surface area contributed by atoms with E-state index in [1.165, 1.54) is 6.07 Å². The fourth-order valence-electron chi connectivity index (χ4n) is 0.283. The largest absolute Gasteiger partial charge is 0.426 e. The van der Waals surface area contributed by atoms with Crippen LogP contribution in [-0.4, -0.2) is 16.0 Å². The number of ether oxygens (including phenoxy) is 1. The van der Waals surface area contributed by atoms with Crippen molar-refractivity contribution in [3.63, 3.8) is 0 Å². The quantitative estimate of drug-likeness (QED) is 0.674. The summed E-state index contributed by atoms with van der Waals surface area (Å²) in [5, 5.41) is 8.27. The van der Waals surface area contributed by atoms with Crippen LogP contribution in [0.25, 0.3) is 0 Å². The number of alkyl halides is 3. The van der Waals surface area contributed by atoms with E-state index >= 15 is 0 Å². The highest BCUT2D eigenvalue weighted by atomic mass is 35.6. The lowest BCUT2D eigenvalue weighted by Crippen LogP contribution is -2.31. The van der Waals surface area contributed by atoms with Gasteiger partial charge < -0.3 is 10.5 Å². The molecule has 0 aliphatic heterocycles. The Kier molecular flexibility index (Phi) is 3.73. The van der Waals surface area contributed by atoms with E-state index in [0.717, 1.165) is 0 Å². The van der Waals surface area contributed by atoms with E-state index in [0.29, 0.717) is 0 Å². The predicted octanol–water partition coefficient (Wildman–Crippen LogP) is 1.34. The second-order valence-electron chi connectivity index (χ2n) is 1.49. The van der Waals surface area contributed by atoms with Crippen molar-refractivity contribution < 1.29 is 9.53 Å². The normalized spacial score (nSPS) is 13.3. The van der Waals surface area contributed by atoms with Crippen molar-refractivity contribution in [2.75, 3.05) is 0 Å². The molecule has 0 heterocycles. The number of primary amides is 1. The van der Waals surface area contributed by atoms with Crippen molar-refractivity contribution in [1.82, 2.24) is 0 Å². The van der Waals surface area contributed by atoms with E-state index in [-0.39, 0.29) is 0 Å². The van der Waals surface area contributed by atoms with Crippen LogP contribution >= 0.6 is 34.8 Å². The Balaban J connectivity index is 4.22. The Morgan fingerprint density at radius 1 is 1.64 bits per heavy atom. The van der Waals surface area contributed by atoms with Gasteiger partial charge in [0.1, 0.15) is 6.07 Å². The van der Waals surface area contributed by atoms with E-state index in [1.807, 2.05) is 0 Å². The maximum atomic E-state index is 10.1. The lowest BCUT2D eigenvalue weighted by atomic mass is 10.4. The number of amides is 1. The second kappa shape index (κ2) is 3.86. The summed E-state index contributed by atoms with van der Waals surface area (Å²) in [5.41, 5.74) is 4.58. The maximum Gasteiger partial charge on any atom is 0.405 e. The number of carbonyl (C=O) groups excluding carboxylic acids is 1. The first-order valence-electron chi connectivity index (χ1n) is 2.30. The molecule has 0 aromatic rings. The molecular formula is C4H3Cl3N2O2. The number of nitrogens with zero attached hydrogens (tertiary/aromatic N) is 1. The monoisotopic (exact) mass is 216 g/mol. The van der Waals surface area contributed by atoms with Crippen LogP contribution < -0.4 is 5.73 Å². The molecule has 0 aromatic carbocycles. The number of hydrogen-bond acceptors (Lipinski definition) is 3. The van der Waals surface area contributed by atoms with E-state index in [1.54, 1.807) is 0 Å². The second-order valence-corrected chi connectivity index (χ2v) is 3.86. The molecule has 0 aliphatic rings. The SMILES string of the molecule is N#CC(OC(N)=O)C(Cl)(Cl)Cl. The van der Waals surface area contributed by atoms with Crippen LogP contribution in [0.5, 0.6) is 0 Å². The number of halogens is 3. The summed E-state index contributed by atoms with van der Waals surface area (Å²) in [6.07, 6.45) is -2.65.